The molecule has 1 N–H and O–H groups in total. The van der Waals surface area contributed by atoms with Crippen LogP contribution in [0.25, 0.3) is 0 Å². The zero-order valence-corrected chi connectivity index (χ0v) is 9.70. The minimum absolute atomic E-state index is 0.383. The Morgan fingerprint density at radius 2 is 2.31 bits per heavy atom. The Morgan fingerprint density at radius 1 is 1.44 bits per heavy atom. The Labute approximate surface area is 95.9 Å². The van der Waals surface area contributed by atoms with E-state index in [1.165, 1.54) is 12.8 Å². The molecule has 0 saturated carbocycles. The van der Waals surface area contributed by atoms with E-state index in [0.717, 1.165) is 31.2 Å². The summed E-state index contributed by atoms with van der Waals surface area (Å²) in [5, 5.41) is 3.34. The third-order valence-corrected chi connectivity index (χ3v) is 2.70. The molecule has 4 heteroatoms. The average molecular weight is 225 g/mol. The van der Waals surface area contributed by atoms with E-state index in [2.05, 4.69) is 5.32 Å². The van der Waals surface area contributed by atoms with Gasteiger partial charge < -0.3 is 19.2 Å². The van der Waals surface area contributed by atoms with Crippen LogP contribution >= 0.6 is 0 Å². The summed E-state index contributed by atoms with van der Waals surface area (Å²) in [4.78, 5) is 0. The number of hydrogen-bond donors (Lipinski definition) is 1. The van der Waals surface area contributed by atoms with Gasteiger partial charge >= 0.3 is 0 Å². The van der Waals surface area contributed by atoms with Gasteiger partial charge in [-0.25, -0.2) is 0 Å². The first kappa shape index (κ1) is 11.6. The molecule has 1 fully saturated rings. The molecular weight excluding hydrogens is 206 g/mol. The molecule has 2 rings (SSSR count). The lowest BCUT2D eigenvalue weighted by molar-refractivity contribution is 0.109. The Balaban J connectivity index is 1.67. The molecule has 2 heterocycles. The Kier molecular flexibility index (Phi) is 4.39. The van der Waals surface area contributed by atoms with Gasteiger partial charge in [0.05, 0.1) is 12.6 Å². The Hall–Kier alpha value is -0.840. The predicted octanol–water partition coefficient (Wildman–Crippen LogP) is 1.69. The van der Waals surface area contributed by atoms with Gasteiger partial charge in [0.25, 0.3) is 0 Å². The number of methoxy groups -OCH3 is 1. The summed E-state index contributed by atoms with van der Waals surface area (Å²) in [6.07, 6.45) is 2.74. The molecule has 1 atom stereocenters. The summed E-state index contributed by atoms with van der Waals surface area (Å²) in [7, 11) is 1.66. The molecule has 1 aliphatic heterocycles. The first-order chi connectivity index (χ1) is 7.88. The van der Waals surface area contributed by atoms with E-state index in [1.54, 1.807) is 7.11 Å². The summed E-state index contributed by atoms with van der Waals surface area (Å²) < 4.78 is 16.1. The Bertz CT molecular complexity index is 305. The van der Waals surface area contributed by atoms with Gasteiger partial charge in [-0.15, -0.1) is 0 Å². The molecule has 90 valence electrons. The van der Waals surface area contributed by atoms with Gasteiger partial charge in [-0.3, -0.25) is 0 Å². The van der Waals surface area contributed by atoms with Crippen LogP contribution in [0.5, 0.6) is 0 Å². The fraction of sp³-hybridized carbons (Fsp3) is 0.667. The highest BCUT2D eigenvalue weighted by atomic mass is 16.5. The standard InChI is InChI=1S/C12H19NO3/c1-14-9-12-5-4-11(16-12)8-13-7-10-3-2-6-15-10/h4-5,10,13H,2-3,6-9H2,1H3. The van der Waals surface area contributed by atoms with Crippen LogP contribution in [0.4, 0.5) is 0 Å². The lowest BCUT2D eigenvalue weighted by atomic mass is 10.2. The van der Waals surface area contributed by atoms with Gasteiger partial charge in [-0.1, -0.05) is 0 Å². The molecule has 1 aromatic rings. The van der Waals surface area contributed by atoms with Crippen LogP contribution in [0.3, 0.4) is 0 Å². The summed E-state index contributed by atoms with van der Waals surface area (Å²) in [6.45, 7) is 3.10. The maximum Gasteiger partial charge on any atom is 0.129 e. The molecule has 0 radical (unpaired) electrons. The average Bonchev–Trinajstić information content (AvgIpc) is 2.90. The van der Waals surface area contributed by atoms with Crippen molar-refractivity contribution in [2.45, 2.75) is 32.1 Å². The predicted molar refractivity (Wildman–Crippen MR) is 60.1 cm³/mol. The van der Waals surface area contributed by atoms with Gasteiger partial charge in [0.1, 0.15) is 18.1 Å². The molecular formula is C12H19NO3. The highest BCUT2D eigenvalue weighted by molar-refractivity contribution is 5.06. The summed E-state index contributed by atoms with van der Waals surface area (Å²) in [5.41, 5.74) is 0. The molecule has 0 bridgehead atoms. The van der Waals surface area contributed by atoms with Crippen molar-refractivity contribution in [3.8, 4) is 0 Å². The van der Waals surface area contributed by atoms with Crippen molar-refractivity contribution in [2.24, 2.45) is 0 Å². The highest BCUT2D eigenvalue weighted by Crippen LogP contribution is 2.12. The zero-order chi connectivity index (χ0) is 11.2. The van der Waals surface area contributed by atoms with Gasteiger partial charge in [-0.05, 0) is 25.0 Å². The van der Waals surface area contributed by atoms with E-state index < -0.39 is 0 Å². The largest absolute Gasteiger partial charge is 0.462 e. The SMILES string of the molecule is COCc1ccc(CNCC2CCCO2)o1. The smallest absolute Gasteiger partial charge is 0.129 e. The number of furan rings is 1. The van der Waals surface area contributed by atoms with Gasteiger partial charge in [0.2, 0.25) is 0 Å². The van der Waals surface area contributed by atoms with Crippen LogP contribution in [0, 0.1) is 0 Å². The first-order valence-corrected chi connectivity index (χ1v) is 5.77. The number of nitrogens with one attached hydrogen (secondary N) is 1. The molecule has 0 spiro atoms. The maximum atomic E-state index is 5.56. The van der Waals surface area contributed by atoms with E-state index in [4.69, 9.17) is 13.9 Å². The van der Waals surface area contributed by atoms with Crippen LogP contribution in [0.1, 0.15) is 24.4 Å². The summed E-state index contributed by atoms with van der Waals surface area (Å²) >= 11 is 0. The number of hydrogen-bond acceptors (Lipinski definition) is 4. The third-order valence-electron chi connectivity index (χ3n) is 2.70. The molecule has 0 aromatic carbocycles. The summed E-state index contributed by atoms with van der Waals surface area (Å²) in [6, 6.07) is 3.93. The minimum Gasteiger partial charge on any atom is -0.462 e. The molecule has 0 aliphatic carbocycles. The number of ether oxygens (including phenoxy) is 2. The van der Waals surface area contributed by atoms with Gasteiger partial charge in [-0.2, -0.15) is 0 Å². The maximum absolute atomic E-state index is 5.56. The first-order valence-electron chi connectivity index (χ1n) is 5.77. The second kappa shape index (κ2) is 6.03. The van der Waals surface area contributed by atoms with Crippen molar-refractivity contribution < 1.29 is 13.9 Å². The second-order valence-electron chi connectivity index (χ2n) is 4.07. The van der Waals surface area contributed by atoms with E-state index in [-0.39, 0.29) is 0 Å². The molecule has 1 saturated heterocycles. The van der Waals surface area contributed by atoms with Crippen molar-refractivity contribution in [3.05, 3.63) is 23.7 Å². The van der Waals surface area contributed by atoms with Crippen molar-refractivity contribution in [2.75, 3.05) is 20.3 Å². The molecule has 1 unspecified atom stereocenters. The minimum atomic E-state index is 0.383. The molecule has 4 nitrogen and oxygen atoms in total. The lowest BCUT2D eigenvalue weighted by Crippen LogP contribution is -2.25. The van der Waals surface area contributed by atoms with Crippen LogP contribution in [0.15, 0.2) is 16.5 Å². The van der Waals surface area contributed by atoms with Crippen LogP contribution < -0.4 is 5.32 Å². The van der Waals surface area contributed by atoms with Crippen molar-refractivity contribution in [1.29, 1.82) is 0 Å². The fourth-order valence-corrected chi connectivity index (χ4v) is 1.90. The zero-order valence-electron chi connectivity index (χ0n) is 9.70. The second-order valence-corrected chi connectivity index (χ2v) is 4.07. The van der Waals surface area contributed by atoms with Crippen LogP contribution in [0.2, 0.25) is 0 Å². The monoisotopic (exact) mass is 225 g/mol. The summed E-state index contributed by atoms with van der Waals surface area (Å²) in [5.74, 6) is 1.82. The van der Waals surface area contributed by atoms with E-state index in [0.29, 0.717) is 12.7 Å². The van der Waals surface area contributed by atoms with Crippen molar-refractivity contribution in [1.82, 2.24) is 5.32 Å². The molecule has 0 amide bonds. The molecule has 1 aliphatic rings. The quantitative estimate of drug-likeness (QED) is 0.800. The molecule has 1 aromatic heterocycles. The van der Waals surface area contributed by atoms with Crippen molar-refractivity contribution in [3.63, 3.8) is 0 Å². The topological polar surface area (TPSA) is 43.6 Å². The van der Waals surface area contributed by atoms with E-state index >= 15 is 0 Å². The van der Waals surface area contributed by atoms with Gasteiger partial charge in [0.15, 0.2) is 0 Å². The normalized spacial score (nSPS) is 20.4. The van der Waals surface area contributed by atoms with Crippen LogP contribution in [-0.2, 0) is 22.6 Å². The highest BCUT2D eigenvalue weighted by Gasteiger charge is 2.14. The lowest BCUT2D eigenvalue weighted by Gasteiger charge is -2.09. The van der Waals surface area contributed by atoms with E-state index in [1.807, 2.05) is 12.1 Å². The third kappa shape index (κ3) is 3.33. The Morgan fingerprint density at radius 3 is 3.06 bits per heavy atom. The van der Waals surface area contributed by atoms with Crippen molar-refractivity contribution >= 4 is 0 Å². The van der Waals surface area contributed by atoms with Crippen LogP contribution in [-0.4, -0.2) is 26.4 Å². The molecule has 16 heavy (non-hydrogen) atoms. The number of rotatable bonds is 6. The fourth-order valence-electron chi connectivity index (χ4n) is 1.90. The van der Waals surface area contributed by atoms with Gasteiger partial charge in [0, 0.05) is 20.3 Å². The van der Waals surface area contributed by atoms with E-state index in [9.17, 15) is 0 Å².